The largest absolute Gasteiger partial charge is 0.497 e. The van der Waals surface area contributed by atoms with E-state index >= 15 is 0 Å². The molecule has 2 heterocycles. The van der Waals surface area contributed by atoms with Gasteiger partial charge < -0.3 is 14.2 Å². The van der Waals surface area contributed by atoms with Crippen LogP contribution in [0.4, 0.5) is 17.6 Å². The second-order valence-corrected chi connectivity index (χ2v) is 7.75. The van der Waals surface area contributed by atoms with Crippen molar-refractivity contribution in [2.45, 2.75) is 51.2 Å². The fourth-order valence-corrected chi connectivity index (χ4v) is 2.98. The molecule has 2 fully saturated rings. The lowest BCUT2D eigenvalue weighted by atomic mass is 9.77. The van der Waals surface area contributed by atoms with Crippen LogP contribution in [0.5, 0.6) is 0 Å². The van der Waals surface area contributed by atoms with Crippen molar-refractivity contribution in [3.63, 3.8) is 0 Å². The van der Waals surface area contributed by atoms with Crippen LogP contribution in [-0.4, -0.2) is 48.1 Å². The van der Waals surface area contributed by atoms with Crippen LogP contribution >= 0.6 is 0 Å². The maximum Gasteiger partial charge on any atom is 0.497 e. The molecule has 0 atom stereocenters. The summed E-state index contributed by atoms with van der Waals surface area (Å²) in [6.07, 6.45) is -0.529. The summed E-state index contributed by atoms with van der Waals surface area (Å²) in [5, 5.41) is 0. The predicted octanol–water partition coefficient (Wildman–Crippen LogP) is 2.75. The summed E-state index contributed by atoms with van der Waals surface area (Å²) in [6.45, 7) is 5.97. The third-order valence-electron chi connectivity index (χ3n) is 5.30. The number of hydrogen-bond acceptors (Lipinski definition) is 3. The van der Waals surface area contributed by atoms with Crippen LogP contribution in [-0.2, 0) is 9.31 Å². The lowest BCUT2D eigenvalue weighted by Gasteiger charge is -2.32. The van der Waals surface area contributed by atoms with Gasteiger partial charge in [-0.1, -0.05) is 6.07 Å². The molecule has 0 unspecified atom stereocenters. The molecule has 0 bridgehead atoms. The van der Waals surface area contributed by atoms with E-state index in [1.807, 2.05) is 0 Å². The SMILES string of the molecule is CC1(C)OB(c2ccc(F)c(C(=O)N3CCC(F)(F)C3)c2F)OC1(C)C. The number of hydrogen-bond donors (Lipinski definition) is 0. The Labute approximate surface area is 149 Å². The molecule has 4 nitrogen and oxygen atoms in total. The van der Waals surface area contributed by atoms with E-state index < -0.39 is 60.3 Å². The molecule has 0 aromatic heterocycles. The normalized spacial score (nSPS) is 23.5. The molecule has 0 spiro atoms. The summed E-state index contributed by atoms with van der Waals surface area (Å²) in [5.74, 6) is -6.41. The molecule has 2 aliphatic rings. The Morgan fingerprint density at radius 1 is 1.12 bits per heavy atom. The van der Waals surface area contributed by atoms with E-state index in [-0.39, 0.29) is 12.0 Å². The van der Waals surface area contributed by atoms with Crippen molar-refractivity contribution in [1.29, 1.82) is 0 Å². The Hall–Kier alpha value is -1.61. The molecule has 0 saturated carbocycles. The van der Waals surface area contributed by atoms with E-state index in [0.717, 1.165) is 17.0 Å². The highest BCUT2D eigenvalue weighted by Crippen LogP contribution is 2.37. The second kappa shape index (κ2) is 5.95. The Balaban J connectivity index is 1.94. The minimum Gasteiger partial charge on any atom is -0.399 e. The Morgan fingerprint density at radius 3 is 2.19 bits per heavy atom. The van der Waals surface area contributed by atoms with Gasteiger partial charge in [0, 0.05) is 18.4 Å². The zero-order valence-electron chi connectivity index (χ0n) is 15.0. The highest BCUT2D eigenvalue weighted by molar-refractivity contribution is 6.62. The molecule has 1 aromatic rings. The fourth-order valence-electron chi connectivity index (χ4n) is 2.98. The molecular formula is C17H20BF4NO3. The van der Waals surface area contributed by atoms with Crippen LogP contribution in [0, 0.1) is 11.6 Å². The maximum absolute atomic E-state index is 15.0. The monoisotopic (exact) mass is 373 g/mol. The summed E-state index contributed by atoms with van der Waals surface area (Å²) in [7, 11) is -1.13. The molecule has 2 saturated heterocycles. The first kappa shape index (κ1) is 19.2. The van der Waals surface area contributed by atoms with Gasteiger partial charge in [0.25, 0.3) is 11.8 Å². The molecule has 9 heteroatoms. The molecule has 0 aliphatic carbocycles. The van der Waals surface area contributed by atoms with Gasteiger partial charge in [-0.25, -0.2) is 17.6 Å². The van der Waals surface area contributed by atoms with Gasteiger partial charge in [0.05, 0.1) is 17.7 Å². The molecule has 1 amide bonds. The first-order valence-electron chi connectivity index (χ1n) is 8.35. The van der Waals surface area contributed by atoms with Gasteiger partial charge in [0.15, 0.2) is 0 Å². The Kier molecular flexibility index (Phi) is 4.39. The minimum absolute atomic E-state index is 0.139. The number of carbonyl (C=O) groups excluding carboxylic acids is 1. The summed E-state index contributed by atoms with van der Waals surface area (Å²) in [6, 6.07) is 2.06. The van der Waals surface area contributed by atoms with Gasteiger partial charge in [-0.3, -0.25) is 4.79 Å². The van der Waals surface area contributed by atoms with Crippen LogP contribution in [0.2, 0.25) is 0 Å². The fraction of sp³-hybridized carbons (Fsp3) is 0.588. The highest BCUT2D eigenvalue weighted by Gasteiger charge is 2.53. The number of rotatable bonds is 2. The van der Waals surface area contributed by atoms with Crippen LogP contribution in [0.1, 0.15) is 44.5 Å². The van der Waals surface area contributed by atoms with Crippen molar-refractivity contribution in [2.75, 3.05) is 13.1 Å². The third-order valence-corrected chi connectivity index (χ3v) is 5.30. The first-order valence-corrected chi connectivity index (χ1v) is 8.35. The van der Waals surface area contributed by atoms with E-state index in [2.05, 4.69) is 0 Å². The van der Waals surface area contributed by atoms with Crippen molar-refractivity contribution >= 4 is 18.5 Å². The molecule has 3 rings (SSSR count). The summed E-state index contributed by atoms with van der Waals surface area (Å²) >= 11 is 0. The van der Waals surface area contributed by atoms with Gasteiger partial charge in [0.1, 0.15) is 17.2 Å². The molecule has 0 N–H and O–H groups in total. The summed E-state index contributed by atoms with van der Waals surface area (Å²) in [4.78, 5) is 13.2. The number of amides is 1. The van der Waals surface area contributed by atoms with E-state index in [9.17, 15) is 22.4 Å². The standard InChI is InChI=1S/C17H20BF4NO3/c1-15(2)16(3,4)26-18(25-15)10-5-6-11(19)12(13(10)20)14(24)23-8-7-17(21,22)9-23/h5-6H,7-9H2,1-4H3. The molecule has 26 heavy (non-hydrogen) atoms. The third kappa shape index (κ3) is 3.11. The zero-order chi connectivity index (χ0) is 19.5. The van der Waals surface area contributed by atoms with Crippen molar-refractivity contribution in [3.05, 3.63) is 29.3 Å². The molecular weight excluding hydrogens is 353 g/mol. The van der Waals surface area contributed by atoms with Crippen LogP contribution in [0.15, 0.2) is 12.1 Å². The molecule has 1 aromatic carbocycles. The predicted molar refractivity (Wildman–Crippen MR) is 87.5 cm³/mol. The van der Waals surface area contributed by atoms with Gasteiger partial charge >= 0.3 is 7.12 Å². The minimum atomic E-state index is -3.05. The van der Waals surface area contributed by atoms with Gasteiger partial charge in [-0.2, -0.15) is 0 Å². The van der Waals surface area contributed by atoms with Gasteiger partial charge in [-0.05, 0) is 33.8 Å². The van der Waals surface area contributed by atoms with Crippen molar-refractivity contribution in [2.24, 2.45) is 0 Å². The summed E-state index contributed by atoms with van der Waals surface area (Å²) in [5.41, 5.74) is -2.51. The average Bonchev–Trinajstić information content (AvgIpc) is 2.95. The van der Waals surface area contributed by atoms with Gasteiger partial charge in [-0.15, -0.1) is 0 Å². The van der Waals surface area contributed by atoms with E-state index in [1.165, 1.54) is 0 Å². The van der Waals surface area contributed by atoms with Crippen LogP contribution in [0.3, 0.4) is 0 Å². The quantitative estimate of drug-likeness (QED) is 0.591. The van der Waals surface area contributed by atoms with E-state index in [1.54, 1.807) is 27.7 Å². The number of benzene rings is 1. The van der Waals surface area contributed by atoms with Crippen LogP contribution in [0.25, 0.3) is 0 Å². The number of nitrogens with zero attached hydrogens (tertiary/aromatic N) is 1. The zero-order valence-corrected chi connectivity index (χ0v) is 15.0. The van der Waals surface area contributed by atoms with Crippen molar-refractivity contribution in [3.8, 4) is 0 Å². The first-order chi connectivity index (χ1) is 11.8. The van der Waals surface area contributed by atoms with Crippen molar-refractivity contribution < 1.29 is 31.7 Å². The number of alkyl halides is 2. The Morgan fingerprint density at radius 2 is 1.69 bits per heavy atom. The second-order valence-electron chi connectivity index (χ2n) is 7.75. The van der Waals surface area contributed by atoms with E-state index in [4.69, 9.17) is 9.31 Å². The average molecular weight is 373 g/mol. The van der Waals surface area contributed by atoms with E-state index in [0.29, 0.717) is 0 Å². The lowest BCUT2D eigenvalue weighted by molar-refractivity contribution is 0.00578. The van der Waals surface area contributed by atoms with Crippen molar-refractivity contribution in [1.82, 2.24) is 4.90 Å². The van der Waals surface area contributed by atoms with Gasteiger partial charge in [0.2, 0.25) is 0 Å². The smallest absolute Gasteiger partial charge is 0.399 e. The molecule has 142 valence electrons. The summed E-state index contributed by atoms with van der Waals surface area (Å²) < 4.78 is 67.3. The van der Waals surface area contributed by atoms with Crippen LogP contribution < -0.4 is 5.46 Å². The highest BCUT2D eigenvalue weighted by atomic mass is 19.3. The lowest BCUT2D eigenvalue weighted by Crippen LogP contribution is -2.41. The topological polar surface area (TPSA) is 38.8 Å². The number of halogens is 4. The maximum atomic E-state index is 15.0. The molecule has 0 radical (unpaired) electrons. The number of likely N-dealkylation sites (tertiary alicyclic amines) is 1. The molecule has 2 aliphatic heterocycles. The number of carbonyl (C=O) groups is 1. The Bertz CT molecular complexity index is 738.